The number of rotatable bonds is 4. The molecule has 0 radical (unpaired) electrons. The molecule has 0 saturated carbocycles. The van der Waals surface area contributed by atoms with E-state index >= 15 is 0 Å². The predicted molar refractivity (Wildman–Crippen MR) is 78.6 cm³/mol. The van der Waals surface area contributed by atoms with E-state index in [1.807, 2.05) is 60.7 Å². The van der Waals surface area contributed by atoms with Crippen molar-refractivity contribution in [2.45, 2.75) is 12.1 Å². The summed E-state index contributed by atoms with van der Waals surface area (Å²) in [4.78, 5) is 13.8. The summed E-state index contributed by atoms with van der Waals surface area (Å²) in [5, 5.41) is 9.77. The molecule has 1 N–H and O–H groups in total. The van der Waals surface area contributed by atoms with Gasteiger partial charge >= 0.3 is 6.09 Å². The van der Waals surface area contributed by atoms with Crippen molar-refractivity contribution in [2.75, 3.05) is 13.2 Å². The lowest BCUT2D eigenvalue weighted by atomic mass is 10.0. The molecule has 1 amide bonds. The van der Waals surface area contributed by atoms with E-state index in [2.05, 4.69) is 0 Å². The number of carbonyl (C=O) groups excluding carboxylic acids is 1. The Bertz CT molecular complexity index is 600. The first kappa shape index (κ1) is 13.6. The second kappa shape index (κ2) is 5.97. The summed E-state index contributed by atoms with van der Waals surface area (Å²) in [5.41, 5.74) is 1.91. The molecule has 1 fully saturated rings. The van der Waals surface area contributed by atoms with Crippen LogP contribution in [0.4, 0.5) is 4.79 Å². The Labute approximate surface area is 123 Å². The van der Waals surface area contributed by atoms with Crippen LogP contribution < -0.4 is 0 Å². The fourth-order valence-electron chi connectivity index (χ4n) is 2.74. The van der Waals surface area contributed by atoms with Gasteiger partial charge in [0.05, 0.1) is 18.7 Å². The Morgan fingerprint density at radius 2 is 1.71 bits per heavy atom. The molecule has 0 aromatic heterocycles. The Morgan fingerprint density at radius 1 is 1.10 bits per heavy atom. The smallest absolute Gasteiger partial charge is 0.411 e. The maximum absolute atomic E-state index is 12.1. The monoisotopic (exact) mass is 283 g/mol. The molecule has 3 rings (SSSR count). The summed E-state index contributed by atoms with van der Waals surface area (Å²) >= 11 is 0. The highest BCUT2D eigenvalue weighted by Gasteiger charge is 2.39. The van der Waals surface area contributed by atoms with Gasteiger partial charge < -0.3 is 9.84 Å². The lowest BCUT2D eigenvalue weighted by Gasteiger charge is -2.29. The van der Waals surface area contributed by atoms with Gasteiger partial charge in [0.1, 0.15) is 6.61 Å². The number of ether oxygens (including phenoxy) is 1. The van der Waals surface area contributed by atoms with E-state index in [0.29, 0.717) is 6.61 Å². The molecule has 4 heteroatoms. The third-order valence-electron chi connectivity index (χ3n) is 3.79. The van der Waals surface area contributed by atoms with Gasteiger partial charge in [-0.2, -0.15) is 0 Å². The average molecular weight is 283 g/mol. The van der Waals surface area contributed by atoms with E-state index in [1.54, 1.807) is 4.90 Å². The van der Waals surface area contributed by atoms with Crippen molar-refractivity contribution in [3.8, 4) is 0 Å². The minimum absolute atomic E-state index is 0.136. The molecule has 4 nitrogen and oxygen atoms in total. The fraction of sp³-hybridized carbons (Fsp3) is 0.235. The summed E-state index contributed by atoms with van der Waals surface area (Å²) in [6, 6.07) is 18.7. The molecule has 2 atom stereocenters. The molecule has 2 aromatic carbocycles. The normalized spacial score (nSPS) is 19.4. The third kappa shape index (κ3) is 2.62. The summed E-state index contributed by atoms with van der Waals surface area (Å²) in [6.45, 7) is 0.175. The van der Waals surface area contributed by atoms with Crippen molar-refractivity contribution in [3.63, 3.8) is 0 Å². The van der Waals surface area contributed by atoms with Gasteiger partial charge in [-0.3, -0.25) is 4.90 Å². The predicted octanol–water partition coefficient (Wildman–Crippen LogP) is 2.91. The van der Waals surface area contributed by atoms with Crippen LogP contribution in [0.3, 0.4) is 0 Å². The van der Waals surface area contributed by atoms with Crippen LogP contribution in [0, 0.1) is 0 Å². The first-order chi connectivity index (χ1) is 10.3. The van der Waals surface area contributed by atoms with Crippen LogP contribution in [0.15, 0.2) is 60.7 Å². The zero-order valence-corrected chi connectivity index (χ0v) is 11.6. The molecule has 1 aliphatic rings. The molecule has 0 aliphatic carbocycles. The zero-order chi connectivity index (χ0) is 14.7. The second-order valence-electron chi connectivity index (χ2n) is 5.02. The van der Waals surface area contributed by atoms with Crippen LogP contribution in [0.5, 0.6) is 0 Å². The minimum Gasteiger partial charge on any atom is -0.447 e. The van der Waals surface area contributed by atoms with Gasteiger partial charge in [-0.1, -0.05) is 60.7 Å². The molecule has 0 bridgehead atoms. The summed E-state index contributed by atoms with van der Waals surface area (Å²) in [5.74, 6) is 0. The molecule has 1 heterocycles. The Hall–Kier alpha value is -2.33. The Morgan fingerprint density at radius 3 is 2.33 bits per heavy atom. The van der Waals surface area contributed by atoms with Crippen molar-refractivity contribution >= 4 is 6.09 Å². The van der Waals surface area contributed by atoms with Crippen LogP contribution in [0.2, 0.25) is 0 Å². The molecule has 108 valence electrons. The Balaban J connectivity index is 1.95. The van der Waals surface area contributed by atoms with Crippen LogP contribution >= 0.6 is 0 Å². The van der Waals surface area contributed by atoms with Crippen molar-refractivity contribution in [1.82, 2.24) is 4.90 Å². The number of amides is 1. The van der Waals surface area contributed by atoms with Gasteiger partial charge in [-0.15, -0.1) is 0 Å². The van der Waals surface area contributed by atoms with Crippen molar-refractivity contribution < 1.29 is 14.6 Å². The molecule has 1 aliphatic heterocycles. The summed E-state index contributed by atoms with van der Waals surface area (Å²) in [6.07, 6.45) is -0.383. The van der Waals surface area contributed by atoms with Crippen LogP contribution in [-0.4, -0.2) is 29.3 Å². The van der Waals surface area contributed by atoms with E-state index in [-0.39, 0.29) is 18.7 Å². The number of benzene rings is 2. The lowest BCUT2D eigenvalue weighted by Crippen LogP contribution is -2.34. The SMILES string of the molecule is O=C1OC[C@@H](c2ccccc2)N1[C@H](CO)c1ccccc1. The number of carbonyl (C=O) groups is 1. The lowest BCUT2D eigenvalue weighted by molar-refractivity contribution is 0.116. The minimum atomic E-state index is -0.397. The number of aliphatic hydroxyl groups excluding tert-OH is 1. The number of nitrogens with zero attached hydrogens (tertiary/aromatic N) is 1. The molecule has 0 unspecified atom stereocenters. The molecule has 21 heavy (non-hydrogen) atoms. The summed E-state index contributed by atoms with van der Waals surface area (Å²) in [7, 11) is 0. The number of hydrogen-bond donors (Lipinski definition) is 1. The molecule has 1 saturated heterocycles. The molecular formula is C17H17NO3. The fourth-order valence-corrected chi connectivity index (χ4v) is 2.74. The van der Waals surface area contributed by atoms with Gasteiger partial charge in [0.2, 0.25) is 0 Å². The quantitative estimate of drug-likeness (QED) is 0.938. The van der Waals surface area contributed by atoms with E-state index in [9.17, 15) is 9.90 Å². The maximum Gasteiger partial charge on any atom is 0.411 e. The van der Waals surface area contributed by atoms with Gasteiger partial charge in [-0.05, 0) is 11.1 Å². The van der Waals surface area contributed by atoms with Gasteiger partial charge in [-0.25, -0.2) is 4.79 Å². The number of cyclic esters (lactones) is 1. The van der Waals surface area contributed by atoms with Crippen molar-refractivity contribution in [2.24, 2.45) is 0 Å². The third-order valence-corrected chi connectivity index (χ3v) is 3.79. The highest BCUT2D eigenvalue weighted by Crippen LogP contribution is 2.35. The van der Waals surface area contributed by atoms with Crippen LogP contribution in [-0.2, 0) is 4.74 Å². The van der Waals surface area contributed by atoms with Gasteiger partial charge in [0.15, 0.2) is 0 Å². The van der Waals surface area contributed by atoms with E-state index in [1.165, 1.54) is 0 Å². The van der Waals surface area contributed by atoms with E-state index in [4.69, 9.17) is 4.74 Å². The topological polar surface area (TPSA) is 49.8 Å². The zero-order valence-electron chi connectivity index (χ0n) is 11.6. The van der Waals surface area contributed by atoms with E-state index in [0.717, 1.165) is 11.1 Å². The van der Waals surface area contributed by atoms with Gasteiger partial charge in [0, 0.05) is 0 Å². The second-order valence-corrected chi connectivity index (χ2v) is 5.02. The Kier molecular flexibility index (Phi) is 3.88. The standard InChI is InChI=1S/C17H17NO3/c19-11-15(13-7-3-1-4-8-13)18-16(12-21-17(18)20)14-9-5-2-6-10-14/h1-10,15-16,19H,11-12H2/t15-,16+/m1/s1. The molecule has 0 spiro atoms. The van der Waals surface area contributed by atoms with Gasteiger partial charge in [0.25, 0.3) is 0 Å². The van der Waals surface area contributed by atoms with Crippen LogP contribution in [0.25, 0.3) is 0 Å². The maximum atomic E-state index is 12.1. The highest BCUT2D eigenvalue weighted by molar-refractivity contribution is 5.71. The molecular weight excluding hydrogens is 266 g/mol. The first-order valence-electron chi connectivity index (χ1n) is 6.97. The number of aliphatic hydroxyl groups is 1. The summed E-state index contributed by atoms with van der Waals surface area (Å²) < 4.78 is 5.21. The van der Waals surface area contributed by atoms with E-state index < -0.39 is 6.04 Å². The van der Waals surface area contributed by atoms with Crippen molar-refractivity contribution in [1.29, 1.82) is 0 Å². The van der Waals surface area contributed by atoms with Crippen molar-refractivity contribution in [3.05, 3.63) is 71.8 Å². The highest BCUT2D eigenvalue weighted by atomic mass is 16.6. The largest absolute Gasteiger partial charge is 0.447 e. The average Bonchev–Trinajstić information content (AvgIpc) is 2.92. The molecule has 2 aromatic rings. The first-order valence-corrected chi connectivity index (χ1v) is 6.97. The van der Waals surface area contributed by atoms with Crippen LogP contribution in [0.1, 0.15) is 23.2 Å². The number of hydrogen-bond acceptors (Lipinski definition) is 3.